The van der Waals surface area contributed by atoms with Gasteiger partial charge in [0.05, 0.1) is 0 Å². The Kier molecular flexibility index (Phi) is 3.05. The van der Waals surface area contributed by atoms with Gasteiger partial charge in [-0.15, -0.1) is 0 Å². The van der Waals surface area contributed by atoms with Gasteiger partial charge < -0.3 is 5.32 Å². The summed E-state index contributed by atoms with van der Waals surface area (Å²) in [7, 11) is 0. The van der Waals surface area contributed by atoms with Crippen LogP contribution in [0.15, 0.2) is 42.5 Å². The minimum absolute atomic E-state index is 0.118. The van der Waals surface area contributed by atoms with Crippen molar-refractivity contribution in [2.45, 2.75) is 0 Å². The average Bonchev–Trinajstić information content (AvgIpc) is 2.69. The first-order valence-electron chi connectivity index (χ1n) is 5.72. The SMILES string of the molecule is O=C1Nc2ccccc2/C1=C/c1ccc(Cl)cc1Cl. The van der Waals surface area contributed by atoms with E-state index in [0.717, 1.165) is 16.8 Å². The van der Waals surface area contributed by atoms with Gasteiger partial charge in [0.2, 0.25) is 0 Å². The summed E-state index contributed by atoms with van der Waals surface area (Å²) in [5.41, 5.74) is 3.09. The van der Waals surface area contributed by atoms with Crippen molar-refractivity contribution >= 4 is 46.4 Å². The minimum atomic E-state index is -0.118. The van der Waals surface area contributed by atoms with Gasteiger partial charge in [-0.1, -0.05) is 47.5 Å². The van der Waals surface area contributed by atoms with Crippen molar-refractivity contribution in [3.8, 4) is 0 Å². The van der Waals surface area contributed by atoms with E-state index in [-0.39, 0.29) is 5.91 Å². The molecule has 0 saturated carbocycles. The normalized spacial score (nSPS) is 15.5. The van der Waals surface area contributed by atoms with Crippen LogP contribution >= 0.6 is 23.2 Å². The quantitative estimate of drug-likeness (QED) is 0.770. The van der Waals surface area contributed by atoms with Crippen molar-refractivity contribution in [2.24, 2.45) is 0 Å². The Labute approximate surface area is 120 Å². The highest BCUT2D eigenvalue weighted by Crippen LogP contribution is 2.34. The van der Waals surface area contributed by atoms with Crippen molar-refractivity contribution < 1.29 is 4.79 Å². The van der Waals surface area contributed by atoms with Crippen molar-refractivity contribution in [1.29, 1.82) is 0 Å². The maximum atomic E-state index is 12.0. The van der Waals surface area contributed by atoms with Gasteiger partial charge in [0.1, 0.15) is 0 Å². The van der Waals surface area contributed by atoms with Gasteiger partial charge in [0.15, 0.2) is 0 Å². The van der Waals surface area contributed by atoms with Gasteiger partial charge in [-0.25, -0.2) is 0 Å². The average molecular weight is 290 g/mol. The Morgan fingerprint density at radius 3 is 2.63 bits per heavy atom. The smallest absolute Gasteiger partial charge is 0.256 e. The summed E-state index contributed by atoms with van der Waals surface area (Å²) in [5.74, 6) is -0.118. The first kappa shape index (κ1) is 12.3. The number of hydrogen-bond donors (Lipinski definition) is 1. The molecule has 0 aromatic heterocycles. The van der Waals surface area contributed by atoms with Gasteiger partial charge in [-0.05, 0) is 29.8 Å². The van der Waals surface area contributed by atoms with Crippen LogP contribution in [0.4, 0.5) is 5.69 Å². The molecule has 1 aliphatic rings. The van der Waals surface area contributed by atoms with Crippen LogP contribution in [0, 0.1) is 0 Å². The number of anilines is 1. The number of benzene rings is 2. The molecule has 1 amide bonds. The van der Waals surface area contributed by atoms with Crippen LogP contribution in [0.25, 0.3) is 11.6 Å². The molecule has 4 heteroatoms. The van der Waals surface area contributed by atoms with Crippen molar-refractivity contribution in [3.63, 3.8) is 0 Å². The maximum Gasteiger partial charge on any atom is 0.256 e. The predicted octanol–water partition coefficient (Wildman–Crippen LogP) is 4.49. The second kappa shape index (κ2) is 4.72. The van der Waals surface area contributed by atoms with E-state index in [1.165, 1.54) is 0 Å². The van der Waals surface area contributed by atoms with Crippen LogP contribution in [0.5, 0.6) is 0 Å². The molecule has 0 atom stereocenters. The van der Waals surface area contributed by atoms with Crippen molar-refractivity contribution in [2.75, 3.05) is 5.32 Å². The van der Waals surface area contributed by atoms with Crippen molar-refractivity contribution in [1.82, 2.24) is 0 Å². The first-order chi connectivity index (χ1) is 9.15. The molecule has 94 valence electrons. The van der Waals surface area contributed by atoms with E-state index in [1.54, 1.807) is 24.3 Å². The lowest BCUT2D eigenvalue weighted by atomic mass is 10.0. The fourth-order valence-corrected chi connectivity index (χ4v) is 2.52. The number of fused-ring (bicyclic) bond motifs is 1. The lowest BCUT2D eigenvalue weighted by Gasteiger charge is -2.01. The third-order valence-electron chi connectivity index (χ3n) is 2.97. The molecule has 1 N–H and O–H groups in total. The maximum absolute atomic E-state index is 12.0. The summed E-state index contributed by atoms with van der Waals surface area (Å²) < 4.78 is 0. The lowest BCUT2D eigenvalue weighted by Crippen LogP contribution is -2.03. The molecule has 0 saturated heterocycles. The number of carbonyl (C=O) groups excluding carboxylic acids is 1. The standard InChI is InChI=1S/C15H9Cl2NO/c16-10-6-5-9(13(17)8-10)7-12-11-3-1-2-4-14(11)18-15(12)19/h1-8H,(H,18,19)/b12-7-. The van der Waals surface area contributed by atoms with Crippen LogP contribution < -0.4 is 5.32 Å². The zero-order chi connectivity index (χ0) is 13.4. The lowest BCUT2D eigenvalue weighted by molar-refractivity contribution is -0.110. The van der Waals surface area contributed by atoms with Gasteiger partial charge in [0, 0.05) is 26.9 Å². The third kappa shape index (κ3) is 2.25. The molecular formula is C15H9Cl2NO. The number of carbonyl (C=O) groups is 1. The zero-order valence-corrected chi connectivity index (χ0v) is 11.3. The van der Waals surface area contributed by atoms with E-state index >= 15 is 0 Å². The fourth-order valence-electron chi connectivity index (χ4n) is 2.06. The Bertz CT molecular complexity index is 707. The summed E-state index contributed by atoms with van der Waals surface area (Å²) in [5, 5.41) is 3.92. The number of nitrogens with one attached hydrogen (secondary N) is 1. The monoisotopic (exact) mass is 289 g/mol. The summed E-state index contributed by atoms with van der Waals surface area (Å²) in [6.45, 7) is 0. The molecule has 0 aliphatic carbocycles. The summed E-state index contributed by atoms with van der Waals surface area (Å²) in [6.07, 6.45) is 1.78. The Morgan fingerprint density at radius 2 is 1.84 bits per heavy atom. The van der Waals surface area contributed by atoms with E-state index in [4.69, 9.17) is 23.2 Å². The number of hydrogen-bond acceptors (Lipinski definition) is 1. The van der Waals surface area contributed by atoms with E-state index in [9.17, 15) is 4.79 Å². The Hall–Kier alpha value is -1.77. The minimum Gasteiger partial charge on any atom is -0.321 e. The van der Waals surface area contributed by atoms with Gasteiger partial charge in [0.25, 0.3) is 5.91 Å². The zero-order valence-electron chi connectivity index (χ0n) is 9.78. The summed E-state index contributed by atoms with van der Waals surface area (Å²) in [4.78, 5) is 12.0. The third-order valence-corrected chi connectivity index (χ3v) is 3.53. The van der Waals surface area contributed by atoms with Gasteiger partial charge >= 0.3 is 0 Å². The molecule has 19 heavy (non-hydrogen) atoms. The number of halogens is 2. The van der Waals surface area contributed by atoms with Crippen LogP contribution in [-0.2, 0) is 4.79 Å². The fraction of sp³-hybridized carbons (Fsp3) is 0. The number of rotatable bonds is 1. The summed E-state index contributed by atoms with van der Waals surface area (Å²) >= 11 is 12.0. The molecule has 1 heterocycles. The highest BCUT2D eigenvalue weighted by Gasteiger charge is 2.23. The largest absolute Gasteiger partial charge is 0.321 e. The molecule has 2 aromatic rings. The van der Waals surface area contributed by atoms with Gasteiger partial charge in [-0.3, -0.25) is 4.79 Å². The molecule has 0 radical (unpaired) electrons. The molecule has 0 fully saturated rings. The van der Waals surface area contributed by atoms with E-state index in [1.807, 2.05) is 24.3 Å². The first-order valence-corrected chi connectivity index (χ1v) is 6.48. The molecule has 3 rings (SSSR count). The second-order valence-electron chi connectivity index (χ2n) is 4.22. The van der Waals surface area contributed by atoms with E-state index in [0.29, 0.717) is 15.6 Å². The molecule has 0 spiro atoms. The van der Waals surface area contributed by atoms with E-state index < -0.39 is 0 Å². The molecule has 2 nitrogen and oxygen atoms in total. The predicted molar refractivity (Wildman–Crippen MR) is 79.4 cm³/mol. The molecule has 0 bridgehead atoms. The van der Waals surface area contributed by atoms with Crippen LogP contribution in [0.2, 0.25) is 10.0 Å². The molecular weight excluding hydrogens is 281 g/mol. The molecule has 2 aromatic carbocycles. The highest BCUT2D eigenvalue weighted by atomic mass is 35.5. The molecule has 1 aliphatic heterocycles. The van der Waals surface area contributed by atoms with Gasteiger partial charge in [-0.2, -0.15) is 0 Å². The number of amides is 1. The molecule has 0 unspecified atom stereocenters. The topological polar surface area (TPSA) is 29.1 Å². The summed E-state index contributed by atoms with van der Waals surface area (Å²) in [6, 6.07) is 12.8. The highest BCUT2D eigenvalue weighted by molar-refractivity contribution is 6.38. The Balaban J connectivity index is 2.11. The number of para-hydroxylation sites is 1. The van der Waals surface area contributed by atoms with Crippen LogP contribution in [0.3, 0.4) is 0 Å². The Morgan fingerprint density at radius 1 is 1.05 bits per heavy atom. The van der Waals surface area contributed by atoms with Crippen molar-refractivity contribution in [3.05, 3.63) is 63.6 Å². The van der Waals surface area contributed by atoms with Crippen LogP contribution in [-0.4, -0.2) is 5.91 Å². The second-order valence-corrected chi connectivity index (χ2v) is 5.07. The van der Waals surface area contributed by atoms with E-state index in [2.05, 4.69) is 5.32 Å². The van der Waals surface area contributed by atoms with Crippen LogP contribution in [0.1, 0.15) is 11.1 Å².